The molecular formula is C12H21N3O7+2. The number of hydrogen-bond acceptors (Lipinski definition) is 6. The molecule has 2 fully saturated rings. The summed E-state index contributed by atoms with van der Waals surface area (Å²) in [6, 6.07) is -1.75. The van der Waals surface area contributed by atoms with Gasteiger partial charge in [-0.05, 0) is 38.5 Å². The highest BCUT2D eigenvalue weighted by Gasteiger charge is 2.47. The molecule has 0 aliphatic heterocycles. The first-order chi connectivity index (χ1) is 10.5. The molecular weight excluding hydrogens is 298 g/mol. The van der Waals surface area contributed by atoms with Gasteiger partial charge in [-0.3, -0.25) is 10.1 Å². The van der Waals surface area contributed by atoms with Crippen molar-refractivity contribution >= 4 is 0 Å². The molecule has 2 aliphatic carbocycles. The molecule has 0 aromatic rings. The van der Waals surface area contributed by atoms with Crippen molar-refractivity contribution in [3.63, 3.8) is 0 Å². The lowest BCUT2D eigenvalue weighted by Gasteiger charge is -2.21. The third-order valence-electron chi connectivity index (χ3n) is 4.33. The van der Waals surface area contributed by atoms with Gasteiger partial charge >= 0.3 is 11.1 Å². The summed E-state index contributed by atoms with van der Waals surface area (Å²) in [7, 11) is 0. The van der Waals surface area contributed by atoms with E-state index in [1.165, 1.54) is 0 Å². The van der Waals surface area contributed by atoms with E-state index in [-0.39, 0.29) is 10.0 Å². The maximum atomic E-state index is 11.8. The molecule has 4 unspecified atom stereocenters. The smallest absolute Gasteiger partial charge is 0.264 e. The molecule has 0 heterocycles. The predicted molar refractivity (Wildman–Crippen MR) is 70.3 cm³/mol. The molecule has 2 aliphatic rings. The van der Waals surface area contributed by atoms with E-state index in [2.05, 4.69) is 0 Å². The summed E-state index contributed by atoms with van der Waals surface area (Å²) in [5.74, 6) is 0. The van der Waals surface area contributed by atoms with Crippen LogP contribution in [0, 0.1) is 19.9 Å². The summed E-state index contributed by atoms with van der Waals surface area (Å²) in [6.45, 7) is 0. The van der Waals surface area contributed by atoms with E-state index in [0.29, 0.717) is 25.7 Å². The quantitative estimate of drug-likeness (QED) is 0.584. The third-order valence-corrected chi connectivity index (χ3v) is 4.33. The fourth-order valence-electron chi connectivity index (χ4n) is 3.14. The molecule has 10 nitrogen and oxygen atoms in total. The minimum absolute atomic E-state index is 0.126. The molecule has 124 valence electrons. The van der Waals surface area contributed by atoms with E-state index in [1.807, 2.05) is 0 Å². The van der Waals surface area contributed by atoms with Gasteiger partial charge in [0.05, 0.1) is 4.91 Å². The summed E-state index contributed by atoms with van der Waals surface area (Å²) in [6.07, 6.45) is 3.02. The van der Waals surface area contributed by atoms with Crippen molar-refractivity contribution in [3.05, 3.63) is 19.9 Å². The van der Waals surface area contributed by atoms with E-state index in [9.17, 15) is 19.9 Å². The van der Waals surface area contributed by atoms with Gasteiger partial charge in [-0.1, -0.05) is 0 Å². The molecule has 2 rings (SSSR count). The summed E-state index contributed by atoms with van der Waals surface area (Å²) < 4.78 is 0. The van der Waals surface area contributed by atoms with Gasteiger partial charge in [0.25, 0.3) is 12.1 Å². The summed E-state index contributed by atoms with van der Waals surface area (Å²) in [4.78, 5) is 43.2. The molecule has 0 aromatic heterocycles. The fourth-order valence-corrected chi connectivity index (χ4v) is 3.14. The van der Waals surface area contributed by atoms with Crippen molar-refractivity contribution in [2.24, 2.45) is 0 Å². The van der Waals surface area contributed by atoms with E-state index >= 15 is 0 Å². The Morgan fingerprint density at radius 1 is 0.818 bits per heavy atom. The standard InChI is InChI=1S/C12H21N3O7/c16-13(17)9-5-1-3-7-11(9)21-15(20)22-12-8-4-2-6-10(12)14(18)19/h9-12H,1-8H2,(H,16,17)/q+2. The Hall–Kier alpha value is -2.00. The van der Waals surface area contributed by atoms with Crippen LogP contribution in [0.15, 0.2) is 0 Å². The molecule has 0 amide bonds. The molecule has 10 heteroatoms. The van der Waals surface area contributed by atoms with Crippen molar-refractivity contribution in [1.29, 1.82) is 0 Å². The van der Waals surface area contributed by atoms with Crippen LogP contribution in [0.3, 0.4) is 0 Å². The molecule has 22 heavy (non-hydrogen) atoms. The summed E-state index contributed by atoms with van der Waals surface area (Å²) in [5.41, 5.74) is 0. The molecule has 0 saturated heterocycles. The zero-order valence-electron chi connectivity index (χ0n) is 12.2. The molecule has 2 saturated carbocycles. The lowest BCUT2D eigenvalue weighted by atomic mass is 9.93. The van der Waals surface area contributed by atoms with Gasteiger partial charge in [0, 0.05) is 17.8 Å². The van der Waals surface area contributed by atoms with Crippen molar-refractivity contribution in [2.45, 2.75) is 75.7 Å². The van der Waals surface area contributed by atoms with E-state index in [0.717, 1.165) is 25.7 Å². The molecule has 0 spiro atoms. The van der Waals surface area contributed by atoms with Gasteiger partial charge in [-0.2, -0.15) is 9.68 Å². The predicted octanol–water partition coefficient (Wildman–Crippen LogP) is 1.70. The third kappa shape index (κ3) is 4.01. The molecule has 0 aromatic carbocycles. The highest BCUT2D eigenvalue weighted by molar-refractivity contribution is 4.75. The van der Waals surface area contributed by atoms with Crippen molar-refractivity contribution in [1.82, 2.24) is 0 Å². The number of nitrogens with zero attached hydrogens (tertiary/aromatic N) is 3. The van der Waals surface area contributed by atoms with Gasteiger partial charge in [0.2, 0.25) is 11.0 Å². The average Bonchev–Trinajstić information content (AvgIpc) is 2.47. The monoisotopic (exact) mass is 319 g/mol. The van der Waals surface area contributed by atoms with Gasteiger partial charge in [0.1, 0.15) is 4.91 Å². The second kappa shape index (κ2) is 7.32. The summed E-state index contributed by atoms with van der Waals surface area (Å²) >= 11 is 0. The van der Waals surface area contributed by atoms with Crippen molar-refractivity contribution in [3.8, 4) is 0 Å². The van der Waals surface area contributed by atoms with Crippen molar-refractivity contribution < 1.29 is 29.8 Å². The lowest BCUT2D eigenvalue weighted by Crippen LogP contribution is -2.44. The van der Waals surface area contributed by atoms with Gasteiger partial charge in [-0.25, -0.2) is 5.21 Å². The molecule has 4 atom stereocenters. The number of rotatable bonds is 6. The van der Waals surface area contributed by atoms with Crippen LogP contribution < -0.4 is 0 Å². The highest BCUT2D eigenvalue weighted by atomic mass is 17.0. The Balaban J connectivity index is 1.90. The first-order valence-electron chi connectivity index (χ1n) is 7.58. The second-order valence-electron chi connectivity index (χ2n) is 5.80. The van der Waals surface area contributed by atoms with Crippen LogP contribution >= 0.6 is 0 Å². The largest absolute Gasteiger partial charge is 0.478 e. The molecule has 1 N–H and O–H groups in total. The van der Waals surface area contributed by atoms with Crippen molar-refractivity contribution in [2.75, 3.05) is 0 Å². The van der Waals surface area contributed by atoms with Gasteiger partial charge < -0.3 is 0 Å². The topological polar surface area (TPSA) is 122 Å². The Morgan fingerprint density at radius 3 is 1.77 bits per heavy atom. The number of hydrogen-bond donors (Lipinski definition) is 1. The first-order valence-corrected chi connectivity index (χ1v) is 7.58. The number of nitro groups is 1. The van der Waals surface area contributed by atoms with Crippen LogP contribution in [-0.4, -0.2) is 44.4 Å². The van der Waals surface area contributed by atoms with Crippen LogP contribution in [0.2, 0.25) is 0 Å². The lowest BCUT2D eigenvalue weighted by molar-refractivity contribution is -1.00. The zero-order valence-corrected chi connectivity index (χ0v) is 12.2. The Labute approximate surface area is 126 Å². The highest BCUT2D eigenvalue weighted by Crippen LogP contribution is 2.26. The van der Waals surface area contributed by atoms with E-state index in [1.54, 1.807) is 0 Å². The van der Waals surface area contributed by atoms with Crippen LogP contribution in [0.5, 0.6) is 0 Å². The Kier molecular flexibility index (Phi) is 5.45. The SMILES string of the molecule is O=[N+](OC1CCCCC1[N+](=O)[O-])OC1CCCCC1[N+](=O)O. The second-order valence-corrected chi connectivity index (χ2v) is 5.80. The van der Waals surface area contributed by atoms with Gasteiger partial charge in [-0.15, -0.1) is 0 Å². The molecule has 0 radical (unpaired) electrons. The fraction of sp³-hybridized carbons (Fsp3) is 1.00. The first kappa shape index (κ1) is 16.4. The van der Waals surface area contributed by atoms with E-state index < -0.39 is 29.2 Å². The summed E-state index contributed by atoms with van der Waals surface area (Å²) in [5, 5.41) is 19.9. The Bertz CT molecular complexity index is 406. The zero-order chi connectivity index (χ0) is 16.1. The van der Waals surface area contributed by atoms with Gasteiger partial charge in [0.15, 0.2) is 0 Å². The maximum Gasteiger partial charge on any atom is 0.478 e. The average molecular weight is 319 g/mol. The van der Waals surface area contributed by atoms with Crippen LogP contribution in [0.4, 0.5) is 0 Å². The molecule has 0 bridgehead atoms. The minimum Gasteiger partial charge on any atom is -0.264 e. The Morgan fingerprint density at radius 2 is 1.27 bits per heavy atom. The van der Waals surface area contributed by atoms with Crippen LogP contribution in [0.1, 0.15) is 51.4 Å². The van der Waals surface area contributed by atoms with Crippen LogP contribution in [-0.2, 0) is 9.68 Å². The minimum atomic E-state index is -0.926. The maximum absolute atomic E-state index is 11.8. The van der Waals surface area contributed by atoms with E-state index in [4.69, 9.17) is 14.9 Å². The normalized spacial score (nSPS) is 32.0. The van der Waals surface area contributed by atoms with Crippen LogP contribution in [0.25, 0.3) is 0 Å².